The van der Waals surface area contributed by atoms with E-state index < -0.39 is 0 Å². The molecule has 0 saturated heterocycles. The lowest BCUT2D eigenvalue weighted by molar-refractivity contribution is -0.153. The van der Waals surface area contributed by atoms with Crippen LogP contribution in [-0.2, 0) is 16.0 Å². The summed E-state index contributed by atoms with van der Waals surface area (Å²) in [5, 5.41) is 6.43. The maximum atomic E-state index is 13.3. The lowest BCUT2D eigenvalue weighted by Crippen LogP contribution is -2.65. The summed E-state index contributed by atoms with van der Waals surface area (Å²) in [6.07, 6.45) is 6.73. The summed E-state index contributed by atoms with van der Waals surface area (Å²) in [5.41, 5.74) is 0.615. The summed E-state index contributed by atoms with van der Waals surface area (Å²) in [6, 6.07) is 5.86. The van der Waals surface area contributed by atoms with Gasteiger partial charge in [-0.05, 0) is 74.5 Å². The third-order valence-electron chi connectivity index (χ3n) is 7.13. The van der Waals surface area contributed by atoms with E-state index in [1.807, 2.05) is 18.2 Å². The topological polar surface area (TPSA) is 76.7 Å². The lowest BCUT2D eigenvalue weighted by Gasteiger charge is -2.61. The molecule has 6 nitrogen and oxygen atoms in total. The van der Waals surface area contributed by atoms with Crippen LogP contribution in [0, 0.1) is 17.3 Å². The minimum absolute atomic E-state index is 0.0240. The van der Waals surface area contributed by atoms with Gasteiger partial charge in [0.2, 0.25) is 11.8 Å². The van der Waals surface area contributed by atoms with Gasteiger partial charge >= 0.3 is 0 Å². The van der Waals surface area contributed by atoms with Crippen molar-refractivity contribution in [2.75, 3.05) is 20.8 Å². The quantitative estimate of drug-likeness (QED) is 0.738. The minimum atomic E-state index is -0.315. The zero-order valence-electron chi connectivity index (χ0n) is 17.7. The number of ether oxygens (including phenoxy) is 2. The first-order valence-corrected chi connectivity index (χ1v) is 10.6. The van der Waals surface area contributed by atoms with Gasteiger partial charge in [0.25, 0.3) is 0 Å². The molecule has 29 heavy (non-hydrogen) atoms. The van der Waals surface area contributed by atoms with E-state index in [2.05, 4.69) is 10.6 Å². The normalized spacial score (nSPS) is 32.0. The lowest BCUT2D eigenvalue weighted by atomic mass is 9.46. The van der Waals surface area contributed by atoms with E-state index in [0.717, 1.165) is 44.1 Å². The van der Waals surface area contributed by atoms with Gasteiger partial charge in [0, 0.05) is 19.0 Å². The largest absolute Gasteiger partial charge is 0.493 e. The molecule has 0 heterocycles. The van der Waals surface area contributed by atoms with Crippen LogP contribution >= 0.6 is 0 Å². The summed E-state index contributed by atoms with van der Waals surface area (Å²) in [6.45, 7) is 2.19. The van der Waals surface area contributed by atoms with Crippen LogP contribution in [0.2, 0.25) is 0 Å². The van der Waals surface area contributed by atoms with Gasteiger partial charge in [-0.25, -0.2) is 0 Å². The summed E-state index contributed by atoms with van der Waals surface area (Å²) < 4.78 is 10.6. The number of carbonyl (C=O) groups is 2. The Morgan fingerprint density at radius 1 is 1.07 bits per heavy atom. The van der Waals surface area contributed by atoms with E-state index in [1.54, 1.807) is 21.1 Å². The van der Waals surface area contributed by atoms with Crippen LogP contribution in [0.1, 0.15) is 51.0 Å². The fourth-order valence-electron chi connectivity index (χ4n) is 6.59. The highest BCUT2D eigenvalue weighted by atomic mass is 16.5. The fourth-order valence-corrected chi connectivity index (χ4v) is 6.59. The van der Waals surface area contributed by atoms with E-state index >= 15 is 0 Å². The number of benzene rings is 1. The molecule has 0 radical (unpaired) electrons. The third-order valence-corrected chi connectivity index (χ3v) is 7.13. The van der Waals surface area contributed by atoms with Crippen molar-refractivity contribution in [1.82, 2.24) is 10.6 Å². The van der Waals surface area contributed by atoms with E-state index in [-0.39, 0.29) is 22.8 Å². The van der Waals surface area contributed by atoms with Crippen molar-refractivity contribution in [3.05, 3.63) is 23.8 Å². The Labute approximate surface area is 172 Å². The fraction of sp³-hybridized carbons (Fsp3) is 0.652. The second kappa shape index (κ2) is 7.54. The summed E-state index contributed by atoms with van der Waals surface area (Å²) in [7, 11) is 3.25. The second-order valence-corrected chi connectivity index (χ2v) is 9.40. The van der Waals surface area contributed by atoms with Gasteiger partial charge in [0.1, 0.15) is 0 Å². The highest BCUT2D eigenvalue weighted by Crippen LogP contribution is 2.61. The van der Waals surface area contributed by atoms with Gasteiger partial charge in [-0.1, -0.05) is 6.07 Å². The summed E-state index contributed by atoms with van der Waals surface area (Å²) in [4.78, 5) is 25.1. The molecule has 0 spiro atoms. The number of hydrogen-bond acceptors (Lipinski definition) is 4. The van der Waals surface area contributed by atoms with E-state index in [1.165, 1.54) is 6.42 Å². The molecule has 2 N–H and O–H groups in total. The van der Waals surface area contributed by atoms with E-state index in [9.17, 15) is 9.59 Å². The van der Waals surface area contributed by atoms with Crippen LogP contribution < -0.4 is 20.1 Å². The highest BCUT2D eigenvalue weighted by Gasteiger charge is 2.60. The van der Waals surface area contributed by atoms with Crippen molar-refractivity contribution in [2.24, 2.45) is 17.3 Å². The van der Waals surface area contributed by atoms with Crippen LogP contribution in [0.25, 0.3) is 0 Å². The van der Waals surface area contributed by atoms with Crippen molar-refractivity contribution >= 4 is 11.8 Å². The predicted octanol–water partition coefficient (Wildman–Crippen LogP) is 2.84. The standard InChI is InChI=1S/C23H32N2O4/c1-15(26)25-23-12-17-8-18(13-23)11-22(10-17,14-23)21(27)24-7-6-16-4-5-19(28-2)20(9-16)29-3/h4-5,9,17-18H,6-8,10-14H2,1-3H3,(H,24,27)(H,25,26). The number of methoxy groups -OCH3 is 2. The smallest absolute Gasteiger partial charge is 0.226 e. The van der Waals surface area contributed by atoms with Gasteiger partial charge < -0.3 is 20.1 Å². The summed E-state index contributed by atoms with van der Waals surface area (Å²) >= 11 is 0. The number of carbonyl (C=O) groups excluding carboxylic acids is 2. The first kappa shape index (κ1) is 20.0. The van der Waals surface area contributed by atoms with Gasteiger partial charge in [-0.2, -0.15) is 0 Å². The maximum Gasteiger partial charge on any atom is 0.226 e. The molecule has 158 valence electrons. The van der Waals surface area contributed by atoms with Crippen molar-refractivity contribution in [2.45, 2.75) is 57.4 Å². The number of nitrogens with one attached hydrogen (secondary N) is 2. The van der Waals surface area contributed by atoms with Gasteiger partial charge in [0.15, 0.2) is 11.5 Å². The minimum Gasteiger partial charge on any atom is -0.493 e. The zero-order valence-corrected chi connectivity index (χ0v) is 17.7. The Morgan fingerprint density at radius 2 is 1.76 bits per heavy atom. The molecule has 0 aromatic heterocycles. The molecule has 0 aliphatic heterocycles. The summed E-state index contributed by atoms with van der Waals surface area (Å²) in [5.74, 6) is 2.71. The molecule has 2 unspecified atom stereocenters. The Balaban J connectivity index is 1.40. The molecule has 2 amide bonds. The number of hydrogen-bond donors (Lipinski definition) is 2. The molecule has 1 aromatic carbocycles. The van der Waals surface area contributed by atoms with Crippen molar-refractivity contribution in [1.29, 1.82) is 0 Å². The van der Waals surface area contributed by atoms with Gasteiger partial charge in [-0.3, -0.25) is 9.59 Å². The van der Waals surface area contributed by atoms with E-state index in [0.29, 0.717) is 29.9 Å². The van der Waals surface area contributed by atoms with Crippen molar-refractivity contribution < 1.29 is 19.1 Å². The maximum absolute atomic E-state index is 13.3. The average Bonchev–Trinajstić information content (AvgIpc) is 2.65. The second-order valence-electron chi connectivity index (χ2n) is 9.40. The Bertz CT molecular complexity index is 792. The van der Waals surface area contributed by atoms with Crippen molar-refractivity contribution in [3.63, 3.8) is 0 Å². The SMILES string of the molecule is COc1ccc(CCNC(=O)C23CC4CC(CC(NC(C)=O)(C4)C2)C3)cc1OC. The van der Waals surface area contributed by atoms with Gasteiger partial charge in [-0.15, -0.1) is 0 Å². The molecule has 4 saturated carbocycles. The van der Waals surface area contributed by atoms with Crippen LogP contribution in [-0.4, -0.2) is 38.1 Å². The van der Waals surface area contributed by atoms with Crippen LogP contribution in [0.15, 0.2) is 18.2 Å². The zero-order chi connectivity index (χ0) is 20.6. The monoisotopic (exact) mass is 400 g/mol. The molecular weight excluding hydrogens is 368 g/mol. The molecule has 2 atom stereocenters. The van der Waals surface area contributed by atoms with E-state index in [4.69, 9.17) is 9.47 Å². The van der Waals surface area contributed by atoms with Gasteiger partial charge in [0.05, 0.1) is 19.6 Å². The first-order chi connectivity index (χ1) is 13.9. The molecular formula is C23H32N2O4. The number of rotatable bonds is 7. The third kappa shape index (κ3) is 3.81. The predicted molar refractivity (Wildman–Crippen MR) is 110 cm³/mol. The molecule has 4 aliphatic rings. The Hall–Kier alpha value is -2.24. The first-order valence-electron chi connectivity index (χ1n) is 10.6. The molecule has 5 rings (SSSR count). The van der Waals surface area contributed by atoms with Crippen LogP contribution in [0.5, 0.6) is 11.5 Å². The molecule has 4 bridgehead atoms. The Morgan fingerprint density at radius 3 is 2.38 bits per heavy atom. The molecule has 4 fully saturated rings. The highest BCUT2D eigenvalue weighted by molar-refractivity contribution is 5.84. The van der Waals surface area contributed by atoms with Crippen LogP contribution in [0.4, 0.5) is 0 Å². The average molecular weight is 401 g/mol. The molecule has 4 aliphatic carbocycles. The number of amides is 2. The molecule has 1 aromatic rings. The van der Waals surface area contributed by atoms with Crippen LogP contribution in [0.3, 0.4) is 0 Å². The Kier molecular flexibility index (Phi) is 5.21. The van der Waals surface area contributed by atoms with Crippen molar-refractivity contribution in [3.8, 4) is 11.5 Å². The molecule has 6 heteroatoms.